The second-order valence-corrected chi connectivity index (χ2v) is 12.3. The van der Waals surface area contributed by atoms with Gasteiger partial charge in [0.15, 0.2) is 6.29 Å². The molecule has 0 amide bonds. The lowest BCUT2D eigenvalue weighted by molar-refractivity contribution is -0.142. The van der Waals surface area contributed by atoms with E-state index in [9.17, 15) is 24.5 Å². The maximum absolute atomic E-state index is 13.9. The van der Waals surface area contributed by atoms with Crippen molar-refractivity contribution in [2.75, 3.05) is 12.4 Å². The third kappa shape index (κ3) is 9.11. The first kappa shape index (κ1) is 33.7. The Kier molecular flexibility index (Phi) is 13.0. The van der Waals surface area contributed by atoms with E-state index in [-0.39, 0.29) is 19.6 Å². The highest BCUT2D eigenvalue weighted by atomic mass is 79.9. The minimum Gasteiger partial charge on any atom is -0.468 e. The molecule has 0 radical (unpaired) electrons. The first-order chi connectivity index (χ1) is 20.1. The summed E-state index contributed by atoms with van der Waals surface area (Å²) in [4.78, 5) is 41.1. The molecule has 2 heterocycles. The van der Waals surface area contributed by atoms with Crippen molar-refractivity contribution in [3.8, 4) is 0 Å². The van der Waals surface area contributed by atoms with Crippen LogP contribution in [0.15, 0.2) is 51.2 Å². The summed E-state index contributed by atoms with van der Waals surface area (Å²) in [6.07, 6.45) is 2.42. The summed E-state index contributed by atoms with van der Waals surface area (Å²) in [6.45, 7) is 3.12. The molecule has 0 spiro atoms. The predicted molar refractivity (Wildman–Crippen MR) is 158 cm³/mol. The average molecular weight is 671 g/mol. The Labute approximate surface area is 251 Å². The van der Waals surface area contributed by atoms with Crippen LogP contribution in [0.3, 0.4) is 0 Å². The Morgan fingerprint density at radius 2 is 1.98 bits per heavy atom. The number of ether oxygens (including phenoxy) is 2. The average Bonchev–Trinajstić information content (AvgIpc) is 3.36. The molecule has 16 heteroatoms. The molecule has 1 aromatic heterocycles. The highest BCUT2D eigenvalue weighted by molar-refractivity contribution is 9.09. The number of benzene rings is 1. The van der Waals surface area contributed by atoms with Gasteiger partial charge in [0.2, 0.25) is 0 Å². The van der Waals surface area contributed by atoms with E-state index in [1.807, 2.05) is 6.07 Å². The highest BCUT2D eigenvalue weighted by Crippen LogP contribution is 2.49. The molecule has 2 aromatic rings. The number of carbonyl (C=O) groups excluding carboxylic acids is 1. The van der Waals surface area contributed by atoms with Crippen LogP contribution in [0.25, 0.3) is 10.4 Å². The fourth-order valence-electron chi connectivity index (χ4n) is 4.38. The van der Waals surface area contributed by atoms with Gasteiger partial charge in [-0.3, -0.25) is 27.8 Å². The Morgan fingerprint density at radius 3 is 2.64 bits per heavy atom. The SMILES string of the molecule is COC(=O)C(C)NP(=O)(OCc1ccccc1)OC1OC(n2cc(C)c(=O)n(CCCCCCBr)c2=O)CC1N=[N+]=[N-]. The first-order valence-corrected chi connectivity index (χ1v) is 16.2. The summed E-state index contributed by atoms with van der Waals surface area (Å²) in [5.41, 5.74) is 9.22. The second-order valence-electron chi connectivity index (χ2n) is 9.76. The second kappa shape index (κ2) is 16.2. The lowest BCUT2D eigenvalue weighted by atomic mass is 10.2. The monoisotopic (exact) mass is 670 g/mol. The maximum Gasteiger partial charge on any atom is 0.408 e. The van der Waals surface area contributed by atoms with Crippen LogP contribution in [0.2, 0.25) is 0 Å². The van der Waals surface area contributed by atoms with Crippen molar-refractivity contribution in [3.63, 3.8) is 0 Å². The third-order valence-corrected chi connectivity index (χ3v) is 8.80. The van der Waals surface area contributed by atoms with E-state index in [1.165, 1.54) is 24.8 Å². The van der Waals surface area contributed by atoms with E-state index in [1.54, 1.807) is 31.2 Å². The van der Waals surface area contributed by atoms with Gasteiger partial charge in [0.25, 0.3) is 5.56 Å². The number of aryl methyl sites for hydroxylation is 1. The van der Waals surface area contributed by atoms with Crippen molar-refractivity contribution >= 4 is 29.6 Å². The summed E-state index contributed by atoms with van der Waals surface area (Å²) in [6, 6.07) is 6.77. The van der Waals surface area contributed by atoms with Crippen molar-refractivity contribution in [1.29, 1.82) is 0 Å². The van der Waals surface area contributed by atoms with Gasteiger partial charge in [-0.25, -0.2) is 14.4 Å². The molecule has 0 saturated carbocycles. The van der Waals surface area contributed by atoms with Crippen LogP contribution >= 0.6 is 23.7 Å². The quantitative estimate of drug-likeness (QED) is 0.0505. The van der Waals surface area contributed by atoms with Gasteiger partial charge in [0.1, 0.15) is 12.3 Å². The highest BCUT2D eigenvalue weighted by Gasteiger charge is 2.43. The fraction of sp³-hybridized carbons (Fsp3) is 0.577. The smallest absolute Gasteiger partial charge is 0.408 e. The number of nitrogens with zero attached hydrogens (tertiary/aromatic N) is 5. The van der Waals surface area contributed by atoms with Crippen LogP contribution in [0, 0.1) is 6.92 Å². The first-order valence-electron chi connectivity index (χ1n) is 13.5. The number of alkyl halides is 1. The molecular weight excluding hydrogens is 635 g/mol. The molecule has 0 bridgehead atoms. The molecule has 1 aliphatic heterocycles. The molecule has 1 fully saturated rings. The minimum absolute atomic E-state index is 0.0111. The molecule has 1 N–H and O–H groups in total. The molecular formula is C26H36BrN6O8P. The van der Waals surface area contributed by atoms with Crippen LogP contribution in [-0.4, -0.2) is 45.9 Å². The van der Waals surface area contributed by atoms with Crippen molar-refractivity contribution in [2.24, 2.45) is 5.11 Å². The number of azide groups is 1. The summed E-state index contributed by atoms with van der Waals surface area (Å²) < 4.78 is 38.4. The molecule has 1 saturated heterocycles. The number of esters is 1. The van der Waals surface area contributed by atoms with Gasteiger partial charge >= 0.3 is 19.4 Å². The zero-order valence-electron chi connectivity index (χ0n) is 23.8. The normalized spacial score (nSPS) is 20.4. The van der Waals surface area contributed by atoms with E-state index in [4.69, 9.17) is 18.5 Å². The number of hydrogen-bond acceptors (Lipinski definition) is 9. The number of aromatic nitrogens is 2. The topological polar surface area (TPSA) is 176 Å². The van der Waals surface area contributed by atoms with Gasteiger partial charge in [-0.05, 0) is 37.8 Å². The largest absolute Gasteiger partial charge is 0.468 e. The van der Waals surface area contributed by atoms with Gasteiger partial charge in [-0.2, -0.15) is 0 Å². The van der Waals surface area contributed by atoms with Crippen molar-refractivity contribution in [3.05, 3.63) is 78.9 Å². The number of rotatable bonds is 16. The van der Waals surface area contributed by atoms with Crippen LogP contribution in [0.1, 0.15) is 56.4 Å². The van der Waals surface area contributed by atoms with Gasteiger partial charge in [0, 0.05) is 35.0 Å². The maximum atomic E-state index is 13.9. The molecule has 42 heavy (non-hydrogen) atoms. The summed E-state index contributed by atoms with van der Waals surface area (Å²) in [7, 11) is -3.12. The zero-order valence-corrected chi connectivity index (χ0v) is 26.2. The van der Waals surface area contributed by atoms with Gasteiger partial charge < -0.3 is 9.47 Å². The van der Waals surface area contributed by atoms with Crippen molar-refractivity contribution < 1.29 is 27.9 Å². The van der Waals surface area contributed by atoms with Crippen LogP contribution in [0.5, 0.6) is 0 Å². The predicted octanol–water partition coefficient (Wildman–Crippen LogP) is 4.69. The number of hydrogen-bond donors (Lipinski definition) is 1. The van der Waals surface area contributed by atoms with E-state index in [0.717, 1.165) is 29.2 Å². The lowest BCUT2D eigenvalue weighted by Crippen LogP contribution is -2.42. The van der Waals surface area contributed by atoms with Crippen molar-refractivity contribution in [1.82, 2.24) is 14.2 Å². The standard InChI is InChI=1S/C26H36BrN6O8P/c1-18-16-33(26(36)32(23(18)34)14-10-5-4-9-13-27)22-15-21(29-31-28)25(40-22)41-42(37,30-19(2)24(35)38-3)39-17-20-11-7-6-8-12-20/h6-8,11-12,16,19,21-22,25H,4-5,9-10,13-15,17H2,1-3H3,(H,30,37). The minimum atomic E-state index is -4.30. The molecule has 1 aliphatic rings. The lowest BCUT2D eigenvalue weighted by Gasteiger charge is -2.26. The summed E-state index contributed by atoms with van der Waals surface area (Å²) >= 11 is 3.39. The van der Waals surface area contributed by atoms with Crippen LogP contribution in [-0.2, 0) is 41.0 Å². The number of unbranched alkanes of at least 4 members (excludes halogenated alkanes) is 3. The Balaban J connectivity index is 1.86. The Hall–Kier alpha value is -2.77. The van der Waals surface area contributed by atoms with Crippen molar-refractivity contribution in [2.45, 2.75) is 83.7 Å². The molecule has 3 rings (SSSR count). The number of nitrogens with one attached hydrogen (secondary N) is 1. The van der Waals surface area contributed by atoms with E-state index in [0.29, 0.717) is 17.5 Å². The summed E-state index contributed by atoms with van der Waals surface area (Å²) in [5, 5.41) is 7.16. The summed E-state index contributed by atoms with van der Waals surface area (Å²) in [5.74, 6) is -0.713. The molecule has 5 atom stereocenters. The fourth-order valence-corrected chi connectivity index (χ4v) is 6.33. The van der Waals surface area contributed by atoms with E-state index in [2.05, 4.69) is 31.0 Å². The molecule has 0 aliphatic carbocycles. The Bertz CT molecular complexity index is 1410. The Morgan fingerprint density at radius 1 is 1.26 bits per heavy atom. The van der Waals surface area contributed by atoms with E-state index < -0.39 is 49.6 Å². The van der Waals surface area contributed by atoms with Crippen LogP contribution in [0.4, 0.5) is 0 Å². The third-order valence-electron chi connectivity index (χ3n) is 6.58. The van der Waals surface area contributed by atoms with E-state index >= 15 is 0 Å². The number of halogens is 1. The molecule has 230 valence electrons. The van der Waals surface area contributed by atoms with Crippen LogP contribution < -0.4 is 16.3 Å². The zero-order chi connectivity index (χ0) is 30.7. The van der Waals surface area contributed by atoms with Gasteiger partial charge in [-0.1, -0.05) is 64.2 Å². The molecule has 5 unspecified atom stereocenters. The van der Waals surface area contributed by atoms with Gasteiger partial charge in [-0.15, -0.1) is 0 Å². The molecule has 1 aromatic carbocycles. The van der Waals surface area contributed by atoms with Gasteiger partial charge in [0.05, 0.1) is 19.8 Å². The number of methoxy groups -OCH3 is 1. The molecule has 14 nitrogen and oxygen atoms in total. The number of carbonyl (C=O) groups is 1.